The first kappa shape index (κ1) is 17.8. The molecule has 1 fully saturated rings. The summed E-state index contributed by atoms with van der Waals surface area (Å²) in [4.78, 5) is 27.5. The Morgan fingerprint density at radius 2 is 2.04 bits per heavy atom. The van der Waals surface area contributed by atoms with Gasteiger partial charge in [0.1, 0.15) is 5.56 Å². The van der Waals surface area contributed by atoms with Gasteiger partial charge in [-0.15, -0.1) is 0 Å². The van der Waals surface area contributed by atoms with Gasteiger partial charge in [-0.2, -0.15) is 4.98 Å². The Balaban J connectivity index is 2.05. The molecule has 0 radical (unpaired) electrons. The largest absolute Gasteiger partial charge is 0.480 e. The molecular weight excluding hydrogens is 319 g/mol. The van der Waals surface area contributed by atoms with E-state index in [1.54, 1.807) is 7.05 Å². The second kappa shape index (κ2) is 7.33. The molecule has 1 heterocycles. The van der Waals surface area contributed by atoms with Crippen molar-refractivity contribution in [1.82, 2.24) is 9.88 Å². The third-order valence-corrected chi connectivity index (χ3v) is 4.29. The number of ether oxygens (including phenoxy) is 1. The summed E-state index contributed by atoms with van der Waals surface area (Å²) in [6.07, 6.45) is 1.77. The van der Waals surface area contributed by atoms with Crippen LogP contribution in [0, 0.1) is 5.82 Å². The predicted octanol–water partition coefficient (Wildman–Crippen LogP) is 1.66. The fourth-order valence-electron chi connectivity index (χ4n) is 2.86. The summed E-state index contributed by atoms with van der Waals surface area (Å²) in [5.41, 5.74) is 5.04. The van der Waals surface area contributed by atoms with E-state index in [0.29, 0.717) is 25.7 Å². The van der Waals surface area contributed by atoms with Gasteiger partial charge in [0, 0.05) is 19.1 Å². The van der Waals surface area contributed by atoms with E-state index in [-0.39, 0.29) is 29.3 Å². The van der Waals surface area contributed by atoms with Gasteiger partial charge in [0.2, 0.25) is 5.88 Å². The van der Waals surface area contributed by atoms with E-state index in [1.165, 1.54) is 12.0 Å². The molecule has 1 aliphatic rings. The zero-order valence-corrected chi connectivity index (χ0v) is 13.6. The van der Waals surface area contributed by atoms with E-state index in [0.717, 1.165) is 6.07 Å². The summed E-state index contributed by atoms with van der Waals surface area (Å²) in [6, 6.07) is 0.931. The molecule has 1 saturated carbocycles. The van der Waals surface area contributed by atoms with Gasteiger partial charge in [0.25, 0.3) is 5.91 Å². The highest BCUT2D eigenvalue weighted by Crippen LogP contribution is 2.27. The van der Waals surface area contributed by atoms with Crippen LogP contribution in [0.3, 0.4) is 0 Å². The molecule has 2 amide bonds. The van der Waals surface area contributed by atoms with Gasteiger partial charge in [0.05, 0.1) is 7.11 Å². The number of anilines is 1. The quantitative estimate of drug-likeness (QED) is 0.750. The Labute approximate surface area is 138 Å². The molecule has 1 aliphatic carbocycles. The molecule has 0 aliphatic heterocycles. The molecule has 8 nitrogen and oxygen atoms in total. The summed E-state index contributed by atoms with van der Waals surface area (Å²) in [7, 11) is 2.87. The average Bonchev–Trinajstić information content (AvgIpc) is 2.56. The van der Waals surface area contributed by atoms with E-state index in [2.05, 4.69) is 10.3 Å². The summed E-state index contributed by atoms with van der Waals surface area (Å²) >= 11 is 0. The molecule has 0 bridgehead atoms. The van der Waals surface area contributed by atoms with Crippen molar-refractivity contribution < 1.29 is 23.8 Å². The monoisotopic (exact) mass is 340 g/mol. The van der Waals surface area contributed by atoms with Gasteiger partial charge in [-0.05, 0) is 31.7 Å². The fraction of sp³-hybridized carbons (Fsp3) is 0.533. The Hall–Kier alpha value is -2.58. The normalized spacial score (nSPS) is 20.3. The molecule has 2 rings (SSSR count). The van der Waals surface area contributed by atoms with Crippen molar-refractivity contribution in [2.75, 3.05) is 19.5 Å². The number of primary amides is 1. The topological polar surface area (TPSA) is 118 Å². The van der Waals surface area contributed by atoms with E-state index >= 15 is 0 Å². The Bertz CT molecular complexity index is 632. The second-order valence-electron chi connectivity index (χ2n) is 5.78. The maximum atomic E-state index is 14.1. The number of aromatic nitrogens is 1. The smallest absolute Gasteiger partial charge is 0.407 e. The molecule has 1 aromatic rings. The standard InChI is InChI=1S/C15H21FN4O4/c1-20(15(22)23)9-5-3-8(4-6-9)18-13-11(16)7-10(12(17)21)14(19-13)24-2/h7-9H,3-6H2,1-2H3,(H2,17,21)(H,18,19)(H,22,23)/t8-,9-. The summed E-state index contributed by atoms with van der Waals surface area (Å²) in [6.45, 7) is 0. The highest BCUT2D eigenvalue weighted by Gasteiger charge is 2.27. The van der Waals surface area contributed by atoms with Gasteiger partial charge in [-0.3, -0.25) is 4.79 Å². The number of carbonyl (C=O) groups excluding carboxylic acids is 1. The average molecular weight is 340 g/mol. The highest BCUT2D eigenvalue weighted by atomic mass is 19.1. The maximum absolute atomic E-state index is 14.1. The number of rotatable bonds is 5. The molecule has 0 aromatic carbocycles. The van der Waals surface area contributed by atoms with Crippen LogP contribution in [0.4, 0.5) is 15.0 Å². The van der Waals surface area contributed by atoms with Crippen LogP contribution < -0.4 is 15.8 Å². The fourth-order valence-corrected chi connectivity index (χ4v) is 2.86. The van der Waals surface area contributed by atoms with Crippen LogP contribution in [-0.4, -0.2) is 53.2 Å². The summed E-state index contributed by atoms with van der Waals surface area (Å²) in [5, 5.41) is 12.0. The second-order valence-corrected chi connectivity index (χ2v) is 5.78. The highest BCUT2D eigenvalue weighted by molar-refractivity contribution is 5.95. The number of nitrogens with two attached hydrogens (primary N) is 1. The lowest BCUT2D eigenvalue weighted by atomic mass is 9.90. The molecule has 132 valence electrons. The minimum atomic E-state index is -0.953. The Morgan fingerprint density at radius 1 is 1.42 bits per heavy atom. The minimum absolute atomic E-state index is 0.00751. The molecule has 0 unspecified atom stereocenters. The van der Waals surface area contributed by atoms with Crippen molar-refractivity contribution in [3.05, 3.63) is 17.4 Å². The first-order valence-electron chi connectivity index (χ1n) is 7.60. The number of hydrogen-bond donors (Lipinski definition) is 3. The number of carboxylic acid groups (broad SMARTS) is 1. The minimum Gasteiger partial charge on any atom is -0.480 e. The van der Waals surface area contributed by atoms with E-state index in [4.69, 9.17) is 15.6 Å². The lowest BCUT2D eigenvalue weighted by Crippen LogP contribution is -2.41. The number of nitrogens with zero attached hydrogens (tertiary/aromatic N) is 2. The number of nitrogens with one attached hydrogen (secondary N) is 1. The number of carbonyl (C=O) groups is 2. The Kier molecular flexibility index (Phi) is 5.42. The van der Waals surface area contributed by atoms with E-state index in [9.17, 15) is 14.0 Å². The third kappa shape index (κ3) is 3.84. The van der Waals surface area contributed by atoms with Gasteiger partial charge in [-0.1, -0.05) is 0 Å². The van der Waals surface area contributed by atoms with Crippen LogP contribution >= 0.6 is 0 Å². The van der Waals surface area contributed by atoms with Crippen molar-refractivity contribution in [3.8, 4) is 5.88 Å². The summed E-state index contributed by atoms with van der Waals surface area (Å²) in [5.74, 6) is -1.55. The number of halogens is 1. The SMILES string of the molecule is COc1nc(N[C@H]2CC[C@H](N(C)C(=O)O)CC2)c(F)cc1C(N)=O. The van der Waals surface area contributed by atoms with Crippen molar-refractivity contribution in [3.63, 3.8) is 0 Å². The zero-order chi connectivity index (χ0) is 17.9. The lowest BCUT2D eigenvalue weighted by Gasteiger charge is -2.33. The van der Waals surface area contributed by atoms with Crippen LogP contribution in [0.2, 0.25) is 0 Å². The molecule has 0 spiro atoms. The van der Waals surface area contributed by atoms with Crippen molar-refractivity contribution in [2.24, 2.45) is 5.73 Å². The van der Waals surface area contributed by atoms with Crippen LogP contribution in [0.15, 0.2) is 6.07 Å². The van der Waals surface area contributed by atoms with Crippen molar-refractivity contribution >= 4 is 17.8 Å². The Morgan fingerprint density at radius 3 is 2.54 bits per heavy atom. The first-order chi connectivity index (χ1) is 11.3. The predicted molar refractivity (Wildman–Crippen MR) is 84.7 cm³/mol. The number of amides is 2. The van der Waals surface area contributed by atoms with Crippen LogP contribution in [0.5, 0.6) is 5.88 Å². The molecule has 1 aromatic heterocycles. The molecular formula is C15H21FN4O4. The van der Waals surface area contributed by atoms with E-state index < -0.39 is 17.8 Å². The molecule has 0 saturated heterocycles. The van der Waals surface area contributed by atoms with Gasteiger partial charge in [0.15, 0.2) is 11.6 Å². The van der Waals surface area contributed by atoms with Crippen molar-refractivity contribution in [2.45, 2.75) is 37.8 Å². The van der Waals surface area contributed by atoms with Gasteiger partial charge < -0.3 is 25.8 Å². The van der Waals surface area contributed by atoms with Crippen LogP contribution in [0.1, 0.15) is 36.0 Å². The van der Waals surface area contributed by atoms with Crippen LogP contribution in [0.25, 0.3) is 0 Å². The lowest BCUT2D eigenvalue weighted by molar-refractivity contribution is 0.0996. The van der Waals surface area contributed by atoms with Crippen molar-refractivity contribution in [1.29, 1.82) is 0 Å². The molecule has 9 heteroatoms. The molecule has 0 atom stereocenters. The van der Waals surface area contributed by atoms with E-state index in [1.807, 2.05) is 0 Å². The molecule has 4 N–H and O–H groups in total. The molecule has 24 heavy (non-hydrogen) atoms. The third-order valence-electron chi connectivity index (χ3n) is 4.29. The maximum Gasteiger partial charge on any atom is 0.407 e. The van der Waals surface area contributed by atoms with Gasteiger partial charge >= 0.3 is 6.09 Å². The number of methoxy groups -OCH3 is 1. The number of hydrogen-bond acceptors (Lipinski definition) is 5. The first-order valence-corrected chi connectivity index (χ1v) is 7.60. The zero-order valence-electron chi connectivity index (χ0n) is 13.6. The number of pyridine rings is 1. The van der Waals surface area contributed by atoms with Crippen LogP contribution in [-0.2, 0) is 0 Å². The summed E-state index contributed by atoms with van der Waals surface area (Å²) < 4.78 is 19.1. The van der Waals surface area contributed by atoms with Gasteiger partial charge in [-0.25, -0.2) is 9.18 Å².